The van der Waals surface area contributed by atoms with Crippen LogP contribution in [-0.4, -0.2) is 27.5 Å². The van der Waals surface area contributed by atoms with Crippen molar-refractivity contribution in [3.63, 3.8) is 0 Å². The van der Waals surface area contributed by atoms with Gasteiger partial charge in [0.25, 0.3) is 5.69 Å². The van der Waals surface area contributed by atoms with E-state index >= 15 is 0 Å². The molecule has 0 spiro atoms. The number of nitrogens with zero attached hydrogens (tertiary/aromatic N) is 3. The average molecular weight is 338 g/mol. The standard InChI is InChI=1S/C15H19N5O2.ClH/c1-4-8-16-15-18-13-7-6-11(20(21)22)9-12(13)14(19-15)17-10(3)5-2;/h4,6-7,9-10H,1,5,8H2,2-3H3,(H2,16,17,18,19);1H. The minimum atomic E-state index is -0.420. The summed E-state index contributed by atoms with van der Waals surface area (Å²) in [5, 5.41) is 17.9. The van der Waals surface area contributed by atoms with Crippen molar-refractivity contribution in [2.24, 2.45) is 0 Å². The average Bonchev–Trinajstić information content (AvgIpc) is 2.52. The summed E-state index contributed by atoms with van der Waals surface area (Å²) in [4.78, 5) is 19.3. The van der Waals surface area contributed by atoms with Crippen LogP contribution in [0.2, 0.25) is 0 Å². The molecule has 0 fully saturated rings. The number of hydrogen-bond donors (Lipinski definition) is 2. The second kappa shape index (κ2) is 8.28. The zero-order valence-corrected chi connectivity index (χ0v) is 13.9. The SMILES string of the molecule is C=CCNc1nc(NC(C)CC)c2cc([N+](=O)[O-])ccc2n1.Cl. The Kier molecular flexibility index (Phi) is 6.71. The Bertz CT molecular complexity index is 708. The fourth-order valence-electron chi connectivity index (χ4n) is 1.92. The third-order valence-corrected chi connectivity index (χ3v) is 3.29. The van der Waals surface area contributed by atoms with E-state index < -0.39 is 4.92 Å². The molecule has 7 nitrogen and oxygen atoms in total. The first-order valence-electron chi connectivity index (χ1n) is 7.12. The summed E-state index contributed by atoms with van der Waals surface area (Å²) in [6, 6.07) is 4.78. The van der Waals surface area contributed by atoms with Gasteiger partial charge in [-0.3, -0.25) is 10.1 Å². The van der Waals surface area contributed by atoms with Crippen LogP contribution >= 0.6 is 12.4 Å². The number of fused-ring (bicyclic) bond motifs is 1. The fraction of sp³-hybridized carbons (Fsp3) is 0.333. The van der Waals surface area contributed by atoms with E-state index in [1.807, 2.05) is 6.92 Å². The number of nitrogens with one attached hydrogen (secondary N) is 2. The molecule has 0 amide bonds. The van der Waals surface area contributed by atoms with Gasteiger partial charge in [-0.15, -0.1) is 19.0 Å². The number of nitro groups is 1. The van der Waals surface area contributed by atoms with Crippen LogP contribution in [0.3, 0.4) is 0 Å². The van der Waals surface area contributed by atoms with E-state index in [1.165, 1.54) is 12.1 Å². The zero-order chi connectivity index (χ0) is 16.1. The second-order valence-corrected chi connectivity index (χ2v) is 4.98. The summed E-state index contributed by atoms with van der Waals surface area (Å²) in [6.45, 7) is 8.27. The molecule has 1 unspecified atom stereocenters. The lowest BCUT2D eigenvalue weighted by molar-refractivity contribution is -0.384. The lowest BCUT2D eigenvalue weighted by atomic mass is 10.2. The van der Waals surface area contributed by atoms with Crippen LogP contribution in [0.15, 0.2) is 30.9 Å². The van der Waals surface area contributed by atoms with E-state index in [1.54, 1.807) is 12.1 Å². The van der Waals surface area contributed by atoms with Gasteiger partial charge in [0.1, 0.15) is 5.82 Å². The van der Waals surface area contributed by atoms with Gasteiger partial charge in [-0.2, -0.15) is 4.98 Å². The third kappa shape index (κ3) is 4.53. The highest BCUT2D eigenvalue weighted by atomic mass is 35.5. The summed E-state index contributed by atoms with van der Waals surface area (Å²) < 4.78 is 0. The number of benzene rings is 1. The molecule has 0 bridgehead atoms. The molecule has 2 N–H and O–H groups in total. The van der Waals surface area contributed by atoms with Crippen molar-refractivity contribution in [3.05, 3.63) is 41.0 Å². The molecule has 0 saturated heterocycles. The first kappa shape index (κ1) is 18.6. The molecular weight excluding hydrogens is 318 g/mol. The van der Waals surface area contributed by atoms with Gasteiger partial charge < -0.3 is 10.6 Å². The molecule has 0 aliphatic heterocycles. The number of non-ortho nitro benzene ring substituents is 1. The van der Waals surface area contributed by atoms with Crippen LogP contribution in [-0.2, 0) is 0 Å². The predicted octanol–water partition coefficient (Wildman–Crippen LogP) is 3.77. The Hall–Kier alpha value is -2.41. The van der Waals surface area contributed by atoms with E-state index in [0.29, 0.717) is 29.2 Å². The highest BCUT2D eigenvalue weighted by Gasteiger charge is 2.14. The van der Waals surface area contributed by atoms with Crippen molar-refractivity contribution in [2.75, 3.05) is 17.2 Å². The van der Waals surface area contributed by atoms with E-state index in [-0.39, 0.29) is 24.1 Å². The maximum atomic E-state index is 11.0. The predicted molar refractivity (Wildman–Crippen MR) is 95.5 cm³/mol. The van der Waals surface area contributed by atoms with Gasteiger partial charge >= 0.3 is 0 Å². The molecule has 23 heavy (non-hydrogen) atoms. The molecule has 124 valence electrons. The molecule has 8 heteroatoms. The smallest absolute Gasteiger partial charge is 0.270 e. The second-order valence-electron chi connectivity index (χ2n) is 4.98. The lowest BCUT2D eigenvalue weighted by Crippen LogP contribution is -2.16. The number of aromatic nitrogens is 2. The summed E-state index contributed by atoms with van der Waals surface area (Å²) >= 11 is 0. The maximum absolute atomic E-state index is 11.0. The number of nitro benzene ring substituents is 1. The summed E-state index contributed by atoms with van der Waals surface area (Å²) in [5.41, 5.74) is 0.674. The van der Waals surface area contributed by atoms with Crippen LogP contribution in [0.4, 0.5) is 17.5 Å². The molecule has 0 radical (unpaired) electrons. The van der Waals surface area contributed by atoms with Crippen LogP contribution in [0, 0.1) is 10.1 Å². The first-order valence-corrected chi connectivity index (χ1v) is 7.12. The Balaban J connectivity index is 0.00000264. The van der Waals surface area contributed by atoms with Crippen LogP contribution in [0.1, 0.15) is 20.3 Å². The third-order valence-electron chi connectivity index (χ3n) is 3.29. The maximum Gasteiger partial charge on any atom is 0.270 e. The van der Waals surface area contributed by atoms with E-state index in [4.69, 9.17) is 0 Å². The van der Waals surface area contributed by atoms with Gasteiger partial charge in [0.05, 0.1) is 10.4 Å². The Labute approximate surface area is 140 Å². The minimum Gasteiger partial charge on any atom is -0.367 e. The van der Waals surface area contributed by atoms with Crippen molar-refractivity contribution in [1.82, 2.24) is 9.97 Å². The van der Waals surface area contributed by atoms with Crippen LogP contribution in [0.5, 0.6) is 0 Å². The van der Waals surface area contributed by atoms with Crippen molar-refractivity contribution < 1.29 is 4.92 Å². The van der Waals surface area contributed by atoms with E-state index in [0.717, 1.165) is 6.42 Å². The molecule has 0 aliphatic carbocycles. The molecule has 1 heterocycles. The van der Waals surface area contributed by atoms with Crippen LogP contribution in [0.25, 0.3) is 10.9 Å². The monoisotopic (exact) mass is 337 g/mol. The number of anilines is 2. The zero-order valence-electron chi connectivity index (χ0n) is 13.1. The van der Waals surface area contributed by atoms with Crippen molar-refractivity contribution in [1.29, 1.82) is 0 Å². The van der Waals surface area contributed by atoms with Crippen molar-refractivity contribution in [2.45, 2.75) is 26.3 Å². The van der Waals surface area contributed by atoms with Crippen molar-refractivity contribution in [3.8, 4) is 0 Å². The number of rotatable bonds is 7. The van der Waals surface area contributed by atoms with Gasteiger partial charge in [0, 0.05) is 30.1 Å². The largest absolute Gasteiger partial charge is 0.367 e. The summed E-state index contributed by atoms with van der Waals surface area (Å²) in [5.74, 6) is 1.06. The molecule has 0 aliphatic rings. The van der Waals surface area contributed by atoms with E-state index in [9.17, 15) is 10.1 Å². The Morgan fingerprint density at radius 2 is 2.17 bits per heavy atom. The lowest BCUT2D eigenvalue weighted by Gasteiger charge is -2.15. The highest BCUT2D eigenvalue weighted by Crippen LogP contribution is 2.27. The van der Waals surface area contributed by atoms with Gasteiger partial charge in [0.15, 0.2) is 0 Å². The fourth-order valence-corrected chi connectivity index (χ4v) is 1.92. The van der Waals surface area contributed by atoms with Crippen LogP contribution < -0.4 is 10.6 Å². The van der Waals surface area contributed by atoms with Gasteiger partial charge in [0.2, 0.25) is 5.95 Å². The highest BCUT2D eigenvalue weighted by molar-refractivity contribution is 5.91. The van der Waals surface area contributed by atoms with Gasteiger partial charge in [-0.05, 0) is 19.4 Å². The van der Waals surface area contributed by atoms with Gasteiger partial charge in [-0.25, -0.2) is 4.98 Å². The Morgan fingerprint density at radius 1 is 1.43 bits per heavy atom. The topological polar surface area (TPSA) is 93.0 Å². The van der Waals surface area contributed by atoms with Gasteiger partial charge in [-0.1, -0.05) is 13.0 Å². The molecular formula is C15H20ClN5O2. The number of halogens is 1. The summed E-state index contributed by atoms with van der Waals surface area (Å²) in [7, 11) is 0. The quantitative estimate of drug-likeness (QED) is 0.454. The molecule has 1 atom stereocenters. The summed E-state index contributed by atoms with van der Waals surface area (Å²) in [6.07, 6.45) is 2.63. The molecule has 1 aromatic heterocycles. The van der Waals surface area contributed by atoms with E-state index in [2.05, 4.69) is 34.1 Å². The molecule has 0 saturated carbocycles. The normalized spacial score (nSPS) is 11.4. The Morgan fingerprint density at radius 3 is 2.78 bits per heavy atom. The first-order chi connectivity index (χ1) is 10.5. The number of hydrogen-bond acceptors (Lipinski definition) is 6. The molecule has 1 aromatic carbocycles. The van der Waals surface area contributed by atoms with Crippen molar-refractivity contribution >= 4 is 40.8 Å². The molecule has 2 aromatic rings. The minimum absolute atomic E-state index is 0. The molecule has 2 rings (SSSR count).